The molecule has 30 heavy (non-hydrogen) atoms. The summed E-state index contributed by atoms with van der Waals surface area (Å²) in [6.45, 7) is 1.15. The minimum Gasteiger partial charge on any atom is -0.365 e. The zero-order valence-corrected chi connectivity index (χ0v) is 17.5. The molecule has 0 radical (unpaired) electrons. The summed E-state index contributed by atoms with van der Waals surface area (Å²) in [5.74, 6) is 0.568. The molecule has 0 spiro atoms. The Bertz CT molecular complexity index is 981. The molecular weight excluding hydrogens is 400 g/mol. The van der Waals surface area contributed by atoms with Crippen molar-refractivity contribution in [3.63, 3.8) is 0 Å². The molecule has 156 valence electrons. The first-order valence-corrected chi connectivity index (χ1v) is 10.7. The molecule has 2 heterocycles. The van der Waals surface area contributed by atoms with Crippen LogP contribution >= 0.6 is 11.6 Å². The van der Waals surface area contributed by atoms with Gasteiger partial charge in [-0.1, -0.05) is 65.3 Å². The maximum absolute atomic E-state index is 13.0. The summed E-state index contributed by atoms with van der Waals surface area (Å²) in [7, 11) is 0. The van der Waals surface area contributed by atoms with Crippen LogP contribution in [-0.2, 0) is 22.4 Å². The van der Waals surface area contributed by atoms with Gasteiger partial charge in [0.15, 0.2) is 5.60 Å². The number of aryl methyl sites for hydroxylation is 1. The topological polar surface area (TPSA) is 64.4 Å². The summed E-state index contributed by atoms with van der Waals surface area (Å²) < 4.78 is 11.5. The molecule has 1 aromatic heterocycles. The van der Waals surface area contributed by atoms with E-state index in [0.29, 0.717) is 31.8 Å². The molecule has 0 bridgehead atoms. The molecule has 1 amide bonds. The first-order valence-electron chi connectivity index (χ1n) is 10.3. The number of aromatic nitrogens is 1. The van der Waals surface area contributed by atoms with E-state index in [1.165, 1.54) is 0 Å². The van der Waals surface area contributed by atoms with Crippen LogP contribution in [0.25, 0.3) is 11.3 Å². The normalized spacial score (nSPS) is 18.4. The molecule has 6 heteroatoms. The third-order valence-electron chi connectivity index (χ3n) is 5.47. The first-order chi connectivity index (χ1) is 14.7. The van der Waals surface area contributed by atoms with Gasteiger partial charge in [0.2, 0.25) is 0 Å². The van der Waals surface area contributed by atoms with Crippen LogP contribution in [0, 0.1) is 0 Å². The van der Waals surface area contributed by atoms with Crippen LogP contribution < -0.4 is 5.32 Å². The quantitative estimate of drug-likeness (QED) is 0.526. The lowest BCUT2D eigenvalue weighted by Gasteiger charge is -2.26. The van der Waals surface area contributed by atoms with Gasteiger partial charge in [-0.25, -0.2) is 0 Å². The Hall–Kier alpha value is -2.63. The predicted octanol–water partition coefficient (Wildman–Crippen LogP) is 4.84. The second-order valence-electron chi connectivity index (χ2n) is 7.62. The summed E-state index contributed by atoms with van der Waals surface area (Å²) in [6.07, 6.45) is 3.53. The van der Waals surface area contributed by atoms with Crippen molar-refractivity contribution in [2.75, 3.05) is 13.2 Å². The van der Waals surface area contributed by atoms with Crippen LogP contribution in [0.3, 0.4) is 0 Å². The average Bonchev–Trinajstić information content (AvgIpc) is 3.44. The second kappa shape index (κ2) is 9.45. The van der Waals surface area contributed by atoms with Gasteiger partial charge in [-0.3, -0.25) is 4.79 Å². The number of nitrogens with zero attached hydrogens (tertiary/aromatic N) is 1. The summed E-state index contributed by atoms with van der Waals surface area (Å²) in [5.41, 5.74) is 1.95. The van der Waals surface area contributed by atoms with Gasteiger partial charge in [-0.15, -0.1) is 0 Å². The van der Waals surface area contributed by atoms with Gasteiger partial charge in [0.05, 0.1) is 0 Å². The van der Waals surface area contributed by atoms with E-state index >= 15 is 0 Å². The van der Waals surface area contributed by atoms with Gasteiger partial charge in [0.25, 0.3) is 5.91 Å². The molecule has 4 rings (SSSR count). The number of benzene rings is 2. The number of carbonyl (C=O) groups is 1. The van der Waals surface area contributed by atoms with Crippen LogP contribution in [0.5, 0.6) is 0 Å². The summed E-state index contributed by atoms with van der Waals surface area (Å²) in [6, 6.07) is 19.5. The molecule has 3 aromatic rings. The van der Waals surface area contributed by atoms with E-state index in [1.807, 2.05) is 60.7 Å². The van der Waals surface area contributed by atoms with E-state index < -0.39 is 5.60 Å². The van der Waals surface area contributed by atoms with E-state index in [2.05, 4.69) is 10.5 Å². The monoisotopic (exact) mass is 424 g/mol. The lowest BCUT2D eigenvalue weighted by molar-refractivity contribution is -0.141. The highest BCUT2D eigenvalue weighted by Crippen LogP contribution is 2.31. The zero-order valence-electron chi connectivity index (χ0n) is 16.8. The molecule has 1 fully saturated rings. The number of ether oxygens (including phenoxy) is 1. The van der Waals surface area contributed by atoms with E-state index in [1.54, 1.807) is 0 Å². The molecule has 1 N–H and O–H groups in total. The molecule has 1 aliphatic heterocycles. The maximum atomic E-state index is 13.0. The number of halogens is 1. The van der Waals surface area contributed by atoms with Crippen LogP contribution in [0.1, 0.15) is 30.6 Å². The number of hydrogen-bond acceptors (Lipinski definition) is 4. The lowest BCUT2D eigenvalue weighted by Crippen LogP contribution is -2.48. The highest BCUT2D eigenvalue weighted by molar-refractivity contribution is 6.31. The molecule has 5 nitrogen and oxygen atoms in total. The predicted molar refractivity (Wildman–Crippen MR) is 116 cm³/mol. The van der Waals surface area contributed by atoms with E-state index in [0.717, 1.165) is 41.1 Å². The van der Waals surface area contributed by atoms with Gasteiger partial charge < -0.3 is 14.6 Å². The second-order valence-corrected chi connectivity index (χ2v) is 8.03. The molecule has 2 aromatic carbocycles. The Morgan fingerprint density at radius 2 is 1.93 bits per heavy atom. The third-order valence-corrected chi connectivity index (χ3v) is 5.84. The highest BCUT2D eigenvalue weighted by atomic mass is 35.5. The molecule has 0 saturated carbocycles. The fourth-order valence-corrected chi connectivity index (χ4v) is 4.09. The van der Waals surface area contributed by atoms with Crippen molar-refractivity contribution in [3.8, 4) is 11.3 Å². The van der Waals surface area contributed by atoms with Crippen LogP contribution in [0.4, 0.5) is 0 Å². The number of amides is 1. The van der Waals surface area contributed by atoms with Crippen LogP contribution in [0.15, 0.2) is 65.2 Å². The molecule has 1 unspecified atom stereocenters. The van der Waals surface area contributed by atoms with Crippen LogP contribution in [-0.4, -0.2) is 29.8 Å². The zero-order chi connectivity index (χ0) is 20.8. The fraction of sp³-hybridized carbons (Fsp3) is 0.333. The largest absolute Gasteiger partial charge is 0.365 e. The maximum Gasteiger partial charge on any atom is 0.252 e. The minimum absolute atomic E-state index is 0.0863. The Labute approximate surface area is 181 Å². The summed E-state index contributed by atoms with van der Waals surface area (Å²) in [5, 5.41) is 7.97. The fourth-order valence-electron chi connectivity index (χ4n) is 3.86. The third kappa shape index (κ3) is 4.74. The number of nitrogens with one attached hydrogen (secondary N) is 1. The van der Waals surface area contributed by atoms with Gasteiger partial charge in [-0.05, 0) is 37.3 Å². The minimum atomic E-state index is -0.891. The first kappa shape index (κ1) is 20.6. The molecule has 1 saturated heterocycles. The van der Waals surface area contributed by atoms with Crippen molar-refractivity contribution in [1.29, 1.82) is 0 Å². The summed E-state index contributed by atoms with van der Waals surface area (Å²) >= 11 is 6.20. The Balaban J connectivity index is 1.36. The molecule has 1 atom stereocenters. The lowest BCUT2D eigenvalue weighted by atomic mass is 9.93. The van der Waals surface area contributed by atoms with E-state index in [9.17, 15) is 4.79 Å². The van der Waals surface area contributed by atoms with Gasteiger partial charge >= 0.3 is 0 Å². The molecular formula is C24H25ClN2O3. The summed E-state index contributed by atoms with van der Waals surface area (Å²) in [4.78, 5) is 13.0. The number of carbonyl (C=O) groups excluding carboxylic acids is 1. The van der Waals surface area contributed by atoms with Gasteiger partial charge in [-0.2, -0.15) is 0 Å². The Morgan fingerprint density at radius 3 is 2.70 bits per heavy atom. The highest BCUT2D eigenvalue weighted by Gasteiger charge is 2.43. The van der Waals surface area contributed by atoms with E-state index in [-0.39, 0.29) is 5.91 Å². The van der Waals surface area contributed by atoms with Gasteiger partial charge in [0, 0.05) is 36.2 Å². The average molecular weight is 425 g/mol. The number of rotatable bonds is 8. The van der Waals surface area contributed by atoms with Crippen LogP contribution in [0.2, 0.25) is 5.02 Å². The Kier molecular flexibility index (Phi) is 6.50. The molecule has 1 aliphatic rings. The van der Waals surface area contributed by atoms with Crippen molar-refractivity contribution in [2.24, 2.45) is 0 Å². The van der Waals surface area contributed by atoms with Crippen molar-refractivity contribution in [1.82, 2.24) is 10.5 Å². The van der Waals surface area contributed by atoms with Gasteiger partial charge in [0.1, 0.15) is 11.5 Å². The SMILES string of the molecule is O=C(NCCCc1ccccc1Cl)C1(Cc2cc(-c3ccccc3)no2)CCCO1. The van der Waals surface area contributed by atoms with Crippen molar-refractivity contribution < 1.29 is 14.1 Å². The number of hydrogen-bond donors (Lipinski definition) is 1. The van der Waals surface area contributed by atoms with Crippen molar-refractivity contribution in [2.45, 2.75) is 37.7 Å². The Morgan fingerprint density at radius 1 is 1.13 bits per heavy atom. The van der Waals surface area contributed by atoms with Crippen molar-refractivity contribution >= 4 is 17.5 Å². The molecule has 0 aliphatic carbocycles. The van der Waals surface area contributed by atoms with E-state index in [4.69, 9.17) is 20.9 Å². The van der Waals surface area contributed by atoms with Crippen molar-refractivity contribution in [3.05, 3.63) is 77.0 Å². The smallest absolute Gasteiger partial charge is 0.252 e. The standard InChI is InChI=1S/C24H25ClN2O3/c25-21-12-5-4-8-18(21)11-6-14-26-23(28)24(13-7-15-29-24)17-20-16-22(27-30-20)19-9-2-1-3-10-19/h1-5,8-10,12,16H,6-7,11,13-15,17H2,(H,26,28).